The van der Waals surface area contributed by atoms with E-state index in [-0.39, 0.29) is 0 Å². The Morgan fingerprint density at radius 1 is 1.26 bits per heavy atom. The molecule has 27 heavy (non-hydrogen) atoms. The van der Waals surface area contributed by atoms with Crippen molar-refractivity contribution in [2.24, 2.45) is 0 Å². The van der Waals surface area contributed by atoms with Crippen LogP contribution in [0.3, 0.4) is 0 Å². The van der Waals surface area contributed by atoms with Crippen molar-refractivity contribution >= 4 is 12.1 Å². The number of hydrogen-bond donors (Lipinski definition) is 2. The number of carbonyl (C=O) groups is 2. The van der Waals surface area contributed by atoms with E-state index in [1.165, 1.54) is 5.01 Å². The molecule has 1 aromatic carbocycles. The van der Waals surface area contributed by atoms with E-state index in [4.69, 9.17) is 14.2 Å². The standard InChI is InChI=1S/C19H26N2O6/c1-6-7-14-15(17(22)23)26-16(12-8-10-13(25-5)11-9-12)21(14)20-18(24)27-19(2,3)4/h6-11,14-16H,1-5H3,(H,20,24)(H,22,23)/b7-6+/t14-,15-,16?/m0/s1. The molecule has 1 aliphatic rings. The molecule has 1 unspecified atom stereocenters. The Morgan fingerprint density at radius 3 is 2.37 bits per heavy atom. The smallest absolute Gasteiger partial charge is 0.422 e. The number of carbonyl (C=O) groups excluding carboxylic acids is 1. The Labute approximate surface area is 158 Å². The highest BCUT2D eigenvalue weighted by molar-refractivity contribution is 5.74. The average Bonchev–Trinajstić information content (AvgIpc) is 2.92. The van der Waals surface area contributed by atoms with E-state index in [9.17, 15) is 14.7 Å². The van der Waals surface area contributed by atoms with Crippen LogP contribution in [-0.2, 0) is 14.3 Å². The molecule has 8 nitrogen and oxygen atoms in total. The lowest BCUT2D eigenvalue weighted by Gasteiger charge is -2.29. The summed E-state index contributed by atoms with van der Waals surface area (Å²) in [7, 11) is 1.56. The van der Waals surface area contributed by atoms with Crippen LogP contribution in [0.4, 0.5) is 4.79 Å². The lowest BCUT2D eigenvalue weighted by molar-refractivity contribution is -0.150. The summed E-state index contributed by atoms with van der Waals surface area (Å²) in [6.45, 7) is 7.01. The summed E-state index contributed by atoms with van der Waals surface area (Å²) < 4.78 is 16.2. The third-order valence-electron chi connectivity index (χ3n) is 3.81. The molecule has 0 aliphatic carbocycles. The van der Waals surface area contributed by atoms with E-state index >= 15 is 0 Å². The quantitative estimate of drug-likeness (QED) is 0.760. The molecule has 8 heteroatoms. The first-order valence-electron chi connectivity index (χ1n) is 8.59. The van der Waals surface area contributed by atoms with Crippen LogP contribution in [0.2, 0.25) is 0 Å². The van der Waals surface area contributed by atoms with E-state index in [0.29, 0.717) is 11.3 Å². The number of hydrogen-bond acceptors (Lipinski definition) is 6. The summed E-state index contributed by atoms with van der Waals surface area (Å²) in [4.78, 5) is 24.0. The van der Waals surface area contributed by atoms with Crippen LogP contribution >= 0.6 is 0 Å². The van der Waals surface area contributed by atoms with Gasteiger partial charge in [0.15, 0.2) is 12.3 Å². The van der Waals surface area contributed by atoms with E-state index in [2.05, 4.69) is 5.43 Å². The van der Waals surface area contributed by atoms with Gasteiger partial charge in [0.2, 0.25) is 0 Å². The molecule has 0 saturated carbocycles. The molecule has 1 heterocycles. The Kier molecular flexibility index (Phi) is 6.45. The fourth-order valence-corrected chi connectivity index (χ4v) is 2.73. The predicted octanol–water partition coefficient (Wildman–Crippen LogP) is 2.86. The number of benzene rings is 1. The van der Waals surface area contributed by atoms with Crippen molar-refractivity contribution in [1.82, 2.24) is 10.4 Å². The van der Waals surface area contributed by atoms with Crippen molar-refractivity contribution in [3.05, 3.63) is 42.0 Å². The van der Waals surface area contributed by atoms with Gasteiger partial charge in [0.05, 0.1) is 13.2 Å². The molecule has 0 bridgehead atoms. The van der Waals surface area contributed by atoms with Crippen molar-refractivity contribution < 1.29 is 28.9 Å². The highest BCUT2D eigenvalue weighted by atomic mass is 16.6. The predicted molar refractivity (Wildman–Crippen MR) is 98.1 cm³/mol. The summed E-state index contributed by atoms with van der Waals surface area (Å²) in [6.07, 6.45) is 0.739. The van der Waals surface area contributed by atoms with Gasteiger partial charge in [0.25, 0.3) is 0 Å². The minimum atomic E-state index is -1.15. The SMILES string of the molecule is C/C=C/[C@H]1[C@@H](C(=O)O)OC(c2ccc(OC)cc2)N1NC(=O)OC(C)(C)C. The third-order valence-corrected chi connectivity index (χ3v) is 3.81. The maximum absolute atomic E-state index is 12.3. The number of nitrogens with one attached hydrogen (secondary N) is 1. The lowest BCUT2D eigenvalue weighted by Crippen LogP contribution is -2.50. The van der Waals surface area contributed by atoms with Crippen LogP contribution in [0, 0.1) is 0 Å². The van der Waals surface area contributed by atoms with Gasteiger partial charge in [-0.3, -0.25) is 5.43 Å². The summed E-state index contributed by atoms with van der Waals surface area (Å²) in [5, 5.41) is 11.0. The first-order valence-corrected chi connectivity index (χ1v) is 8.59. The van der Waals surface area contributed by atoms with Crippen LogP contribution < -0.4 is 10.2 Å². The third kappa shape index (κ3) is 5.21. The van der Waals surface area contributed by atoms with Crippen molar-refractivity contribution in [3.8, 4) is 5.75 Å². The molecule has 2 N–H and O–H groups in total. The Morgan fingerprint density at radius 2 is 1.89 bits per heavy atom. The topological polar surface area (TPSA) is 97.3 Å². The zero-order valence-corrected chi connectivity index (χ0v) is 16.1. The zero-order chi connectivity index (χ0) is 20.2. The van der Waals surface area contributed by atoms with Crippen LogP contribution in [0.25, 0.3) is 0 Å². The summed E-state index contributed by atoms with van der Waals surface area (Å²) in [5.41, 5.74) is 2.61. The number of aliphatic carboxylic acids is 1. The highest BCUT2D eigenvalue weighted by Gasteiger charge is 2.46. The van der Waals surface area contributed by atoms with Gasteiger partial charge in [-0.2, -0.15) is 5.01 Å². The molecular formula is C19H26N2O6. The van der Waals surface area contributed by atoms with Gasteiger partial charge in [0.1, 0.15) is 11.4 Å². The van der Waals surface area contributed by atoms with Crippen molar-refractivity contribution in [2.75, 3.05) is 7.11 Å². The average molecular weight is 378 g/mol. The second kappa shape index (κ2) is 8.41. The van der Waals surface area contributed by atoms with Gasteiger partial charge in [-0.25, -0.2) is 9.59 Å². The second-order valence-corrected chi connectivity index (χ2v) is 7.06. The molecule has 0 spiro atoms. The van der Waals surface area contributed by atoms with Gasteiger partial charge in [0, 0.05) is 0 Å². The normalized spacial score (nSPS) is 23.4. The number of methoxy groups -OCH3 is 1. The van der Waals surface area contributed by atoms with Gasteiger partial charge in [-0.15, -0.1) is 0 Å². The van der Waals surface area contributed by atoms with Crippen molar-refractivity contribution in [2.45, 2.75) is 51.7 Å². The Balaban J connectivity index is 2.35. The van der Waals surface area contributed by atoms with Gasteiger partial charge in [-0.1, -0.05) is 24.3 Å². The number of nitrogens with zero attached hydrogens (tertiary/aromatic N) is 1. The molecule has 3 atom stereocenters. The van der Waals surface area contributed by atoms with Crippen LogP contribution in [-0.4, -0.2) is 47.0 Å². The number of rotatable bonds is 5. The summed E-state index contributed by atoms with van der Waals surface area (Å²) in [6, 6.07) is 6.29. The minimum Gasteiger partial charge on any atom is -0.497 e. The fourth-order valence-electron chi connectivity index (χ4n) is 2.73. The molecular weight excluding hydrogens is 352 g/mol. The van der Waals surface area contributed by atoms with E-state index in [0.717, 1.165) is 0 Å². The molecule has 2 rings (SSSR count). The van der Waals surface area contributed by atoms with Gasteiger partial charge < -0.3 is 19.3 Å². The number of carboxylic acids is 1. The number of amides is 1. The molecule has 1 aliphatic heterocycles. The number of ether oxygens (including phenoxy) is 3. The summed E-state index contributed by atoms with van der Waals surface area (Å²) in [5.74, 6) is -0.465. The van der Waals surface area contributed by atoms with Crippen LogP contribution in [0.5, 0.6) is 5.75 Å². The largest absolute Gasteiger partial charge is 0.497 e. The van der Waals surface area contributed by atoms with Crippen LogP contribution in [0.15, 0.2) is 36.4 Å². The maximum Gasteiger partial charge on any atom is 0.422 e. The van der Waals surface area contributed by atoms with E-state index in [1.54, 1.807) is 71.2 Å². The van der Waals surface area contributed by atoms with Crippen molar-refractivity contribution in [3.63, 3.8) is 0 Å². The van der Waals surface area contributed by atoms with Gasteiger partial charge in [-0.05, 0) is 45.4 Å². The lowest BCUT2D eigenvalue weighted by atomic mass is 10.1. The number of carboxylic acid groups (broad SMARTS) is 1. The Hall–Kier alpha value is -2.58. The fraction of sp³-hybridized carbons (Fsp3) is 0.474. The zero-order valence-electron chi connectivity index (χ0n) is 16.1. The molecule has 0 aromatic heterocycles. The number of hydrazine groups is 1. The molecule has 1 amide bonds. The van der Waals surface area contributed by atoms with E-state index in [1.807, 2.05) is 0 Å². The molecule has 1 aromatic rings. The highest BCUT2D eigenvalue weighted by Crippen LogP contribution is 2.35. The number of allylic oxidation sites excluding steroid dienone is 1. The monoisotopic (exact) mass is 378 g/mol. The molecule has 0 radical (unpaired) electrons. The maximum atomic E-state index is 12.3. The van der Waals surface area contributed by atoms with Crippen molar-refractivity contribution in [1.29, 1.82) is 0 Å². The second-order valence-electron chi connectivity index (χ2n) is 7.06. The minimum absolute atomic E-state index is 0.656. The molecule has 1 saturated heterocycles. The van der Waals surface area contributed by atoms with Crippen LogP contribution in [0.1, 0.15) is 39.5 Å². The molecule has 148 valence electrons. The first-order chi connectivity index (χ1) is 12.7. The first kappa shape index (κ1) is 20.7. The Bertz CT molecular complexity index is 695. The van der Waals surface area contributed by atoms with E-state index < -0.39 is 36.0 Å². The summed E-state index contributed by atoms with van der Waals surface area (Å²) >= 11 is 0. The molecule has 1 fully saturated rings. The van der Waals surface area contributed by atoms with Gasteiger partial charge >= 0.3 is 12.1 Å².